The highest BCUT2D eigenvalue weighted by Crippen LogP contribution is 2.09. The summed E-state index contributed by atoms with van der Waals surface area (Å²) in [5.74, 6) is 0. The van der Waals surface area contributed by atoms with E-state index in [-0.39, 0.29) is 0 Å². The van der Waals surface area contributed by atoms with E-state index in [9.17, 15) is 0 Å². The third-order valence-corrected chi connectivity index (χ3v) is 3.08. The summed E-state index contributed by atoms with van der Waals surface area (Å²) in [5.41, 5.74) is 1.11. The Labute approximate surface area is 112 Å². The van der Waals surface area contributed by atoms with E-state index < -0.39 is 0 Å². The van der Waals surface area contributed by atoms with Crippen molar-refractivity contribution in [1.29, 1.82) is 0 Å². The zero-order chi connectivity index (χ0) is 12.5. The minimum atomic E-state index is 0.431. The molecule has 1 atom stereocenters. The van der Waals surface area contributed by atoms with Gasteiger partial charge in [0.2, 0.25) is 0 Å². The molecule has 0 saturated carbocycles. The summed E-state index contributed by atoms with van der Waals surface area (Å²) in [6.45, 7) is 3.80. The van der Waals surface area contributed by atoms with Crippen LogP contribution in [-0.4, -0.2) is 31.3 Å². The van der Waals surface area contributed by atoms with Crippen molar-refractivity contribution in [3.63, 3.8) is 0 Å². The van der Waals surface area contributed by atoms with Crippen LogP contribution in [0.3, 0.4) is 0 Å². The van der Waals surface area contributed by atoms with Crippen LogP contribution in [0.4, 0.5) is 0 Å². The number of hydrogen-bond acceptors (Lipinski definition) is 3. The predicted octanol–water partition coefficient (Wildman–Crippen LogP) is 2.79. The van der Waals surface area contributed by atoms with Crippen molar-refractivity contribution < 1.29 is 4.74 Å². The average molecular weight is 301 g/mol. The summed E-state index contributed by atoms with van der Waals surface area (Å²) in [6.07, 6.45) is 4.89. The molecule has 17 heavy (non-hydrogen) atoms. The zero-order valence-corrected chi connectivity index (χ0v) is 12.2. The number of likely N-dealkylation sites (N-methyl/N-ethyl adjacent to an activating group) is 1. The Hall–Kier alpha value is -0.450. The Morgan fingerprint density at radius 2 is 2.24 bits per heavy atom. The van der Waals surface area contributed by atoms with Gasteiger partial charge in [0.1, 0.15) is 0 Å². The van der Waals surface area contributed by atoms with Crippen molar-refractivity contribution in [2.75, 3.05) is 20.3 Å². The number of hydrogen-bond donors (Lipinski definition) is 1. The van der Waals surface area contributed by atoms with E-state index in [1.54, 1.807) is 0 Å². The smallest absolute Gasteiger partial charge is 0.0480 e. The van der Waals surface area contributed by atoms with Crippen molar-refractivity contribution in [1.82, 2.24) is 10.3 Å². The summed E-state index contributed by atoms with van der Waals surface area (Å²) in [7, 11) is 1.99. The van der Waals surface area contributed by atoms with E-state index in [2.05, 4.69) is 39.2 Å². The van der Waals surface area contributed by atoms with Crippen LogP contribution in [-0.2, 0) is 11.2 Å². The van der Waals surface area contributed by atoms with Crippen LogP contribution in [0.1, 0.15) is 25.5 Å². The molecule has 0 fully saturated rings. The van der Waals surface area contributed by atoms with E-state index in [0.29, 0.717) is 6.04 Å². The summed E-state index contributed by atoms with van der Waals surface area (Å²) in [6, 6.07) is 4.52. The SMILES string of the molecule is CCCOCCC(Cc1ccc(Br)cn1)NC. The fourth-order valence-electron chi connectivity index (χ4n) is 1.60. The molecule has 96 valence electrons. The van der Waals surface area contributed by atoms with Crippen molar-refractivity contribution in [2.45, 2.75) is 32.2 Å². The molecule has 0 amide bonds. The van der Waals surface area contributed by atoms with Gasteiger partial charge < -0.3 is 10.1 Å². The second kappa shape index (κ2) is 8.61. The fourth-order valence-corrected chi connectivity index (χ4v) is 1.83. The molecule has 3 nitrogen and oxygen atoms in total. The van der Waals surface area contributed by atoms with Crippen molar-refractivity contribution in [3.05, 3.63) is 28.5 Å². The Kier molecular flexibility index (Phi) is 7.40. The number of rotatable bonds is 8. The van der Waals surface area contributed by atoms with Crippen LogP contribution >= 0.6 is 15.9 Å². The van der Waals surface area contributed by atoms with E-state index >= 15 is 0 Å². The molecule has 1 heterocycles. The van der Waals surface area contributed by atoms with Gasteiger partial charge in [0, 0.05) is 42.0 Å². The van der Waals surface area contributed by atoms with Crippen LogP contribution in [0, 0.1) is 0 Å². The second-order valence-electron chi connectivity index (χ2n) is 4.06. The molecule has 0 aliphatic heterocycles. The number of aromatic nitrogens is 1. The maximum atomic E-state index is 5.50. The zero-order valence-electron chi connectivity index (χ0n) is 10.6. The molecular formula is C13H21BrN2O. The molecule has 0 aromatic carbocycles. The van der Waals surface area contributed by atoms with Gasteiger partial charge in [0.25, 0.3) is 0 Å². The highest BCUT2D eigenvalue weighted by atomic mass is 79.9. The third kappa shape index (κ3) is 6.15. The first-order valence-electron chi connectivity index (χ1n) is 6.11. The highest BCUT2D eigenvalue weighted by Gasteiger charge is 2.07. The average Bonchev–Trinajstić information content (AvgIpc) is 2.35. The van der Waals surface area contributed by atoms with Crippen molar-refractivity contribution in [2.24, 2.45) is 0 Å². The first-order valence-corrected chi connectivity index (χ1v) is 6.91. The Balaban J connectivity index is 2.33. The van der Waals surface area contributed by atoms with Gasteiger partial charge >= 0.3 is 0 Å². The van der Waals surface area contributed by atoms with Gasteiger partial charge in [-0.25, -0.2) is 0 Å². The lowest BCUT2D eigenvalue weighted by molar-refractivity contribution is 0.125. The summed E-state index contributed by atoms with van der Waals surface area (Å²) >= 11 is 3.39. The molecule has 1 unspecified atom stereocenters. The van der Waals surface area contributed by atoms with E-state index in [4.69, 9.17) is 4.74 Å². The molecule has 1 rings (SSSR count). The molecule has 4 heteroatoms. The van der Waals surface area contributed by atoms with Gasteiger partial charge in [0.15, 0.2) is 0 Å². The number of nitrogens with zero attached hydrogens (tertiary/aromatic N) is 1. The van der Waals surface area contributed by atoms with E-state index in [1.807, 2.05) is 19.3 Å². The molecule has 0 bridgehead atoms. The molecule has 1 N–H and O–H groups in total. The standard InChI is InChI=1S/C13H21BrN2O/c1-3-7-17-8-6-12(15-2)9-13-5-4-11(14)10-16-13/h4-5,10,12,15H,3,6-9H2,1-2H3. The third-order valence-electron chi connectivity index (χ3n) is 2.61. The van der Waals surface area contributed by atoms with Gasteiger partial charge in [-0.1, -0.05) is 6.92 Å². The van der Waals surface area contributed by atoms with Crippen LogP contribution in [0.25, 0.3) is 0 Å². The fraction of sp³-hybridized carbons (Fsp3) is 0.615. The molecule has 0 radical (unpaired) electrons. The maximum absolute atomic E-state index is 5.50. The van der Waals surface area contributed by atoms with Gasteiger partial charge in [-0.05, 0) is 48.0 Å². The van der Waals surface area contributed by atoms with Crippen molar-refractivity contribution >= 4 is 15.9 Å². The number of ether oxygens (including phenoxy) is 1. The van der Waals surface area contributed by atoms with Crippen LogP contribution in [0.15, 0.2) is 22.8 Å². The monoisotopic (exact) mass is 300 g/mol. The lowest BCUT2D eigenvalue weighted by Crippen LogP contribution is -2.29. The largest absolute Gasteiger partial charge is 0.381 e. The topological polar surface area (TPSA) is 34.1 Å². The Morgan fingerprint density at radius 1 is 1.41 bits per heavy atom. The maximum Gasteiger partial charge on any atom is 0.0480 e. The Morgan fingerprint density at radius 3 is 2.82 bits per heavy atom. The number of halogens is 1. The predicted molar refractivity (Wildman–Crippen MR) is 74.2 cm³/mol. The van der Waals surface area contributed by atoms with Crippen LogP contribution < -0.4 is 5.32 Å². The van der Waals surface area contributed by atoms with E-state index in [1.165, 1.54) is 0 Å². The number of nitrogens with one attached hydrogen (secondary N) is 1. The molecule has 1 aromatic rings. The summed E-state index contributed by atoms with van der Waals surface area (Å²) < 4.78 is 6.53. The molecule has 0 aliphatic carbocycles. The van der Waals surface area contributed by atoms with Crippen molar-refractivity contribution in [3.8, 4) is 0 Å². The minimum Gasteiger partial charge on any atom is -0.381 e. The molecular weight excluding hydrogens is 280 g/mol. The number of pyridine rings is 1. The second-order valence-corrected chi connectivity index (χ2v) is 4.97. The van der Waals surface area contributed by atoms with Gasteiger partial charge in [-0.2, -0.15) is 0 Å². The summed E-state index contributed by atoms with van der Waals surface area (Å²) in [5, 5.41) is 3.31. The molecule has 0 spiro atoms. The lowest BCUT2D eigenvalue weighted by atomic mass is 10.1. The van der Waals surface area contributed by atoms with Crippen LogP contribution in [0.5, 0.6) is 0 Å². The first kappa shape index (κ1) is 14.6. The van der Waals surface area contributed by atoms with Gasteiger partial charge in [0.05, 0.1) is 0 Å². The quantitative estimate of drug-likeness (QED) is 0.750. The molecule has 0 saturated heterocycles. The normalized spacial score (nSPS) is 12.6. The van der Waals surface area contributed by atoms with Gasteiger partial charge in [-0.3, -0.25) is 4.98 Å². The highest BCUT2D eigenvalue weighted by molar-refractivity contribution is 9.10. The van der Waals surface area contributed by atoms with Gasteiger partial charge in [-0.15, -0.1) is 0 Å². The summed E-state index contributed by atoms with van der Waals surface area (Å²) in [4.78, 5) is 4.38. The minimum absolute atomic E-state index is 0.431. The molecule has 1 aromatic heterocycles. The first-order chi connectivity index (χ1) is 8.26. The lowest BCUT2D eigenvalue weighted by Gasteiger charge is -2.15. The Bertz CT molecular complexity index is 303. The van der Waals surface area contributed by atoms with Crippen LogP contribution in [0.2, 0.25) is 0 Å². The van der Waals surface area contributed by atoms with E-state index in [0.717, 1.165) is 42.6 Å². The molecule has 0 aliphatic rings.